The molecule has 0 aliphatic rings. The fourth-order valence-electron chi connectivity index (χ4n) is 2.84. The van der Waals surface area contributed by atoms with E-state index in [0.717, 1.165) is 34.9 Å². The maximum Gasteiger partial charge on any atom is 0.191 e. The minimum atomic E-state index is 0. The molecule has 2 N–H and O–H groups in total. The van der Waals surface area contributed by atoms with E-state index in [-0.39, 0.29) is 24.0 Å². The van der Waals surface area contributed by atoms with E-state index in [4.69, 9.17) is 14.5 Å². The summed E-state index contributed by atoms with van der Waals surface area (Å²) in [4.78, 5) is 4.71. The quantitative estimate of drug-likeness (QED) is 0.194. The fourth-order valence-corrected chi connectivity index (χ4v) is 2.84. The zero-order chi connectivity index (χ0) is 20.5. The second-order valence-electron chi connectivity index (χ2n) is 6.55. The standard InChI is InChI=1S/C21H28N6O2.HI/c1-4-22-21(24-15-20-26-25-19-7-5-6-10-27(19)20)23-14-17-9-8-16(2)13-18(17)29-12-11-28-3;/h5-10,13H,4,11-12,14-15H2,1-3H3,(H2,22,23,24);1H. The van der Waals surface area contributed by atoms with E-state index in [2.05, 4.69) is 33.0 Å². The molecule has 0 saturated carbocycles. The number of hydrogen-bond donors (Lipinski definition) is 2. The Bertz CT molecular complexity index is 960. The number of methoxy groups -OCH3 is 1. The van der Waals surface area contributed by atoms with Gasteiger partial charge in [-0.25, -0.2) is 4.99 Å². The number of rotatable bonds is 9. The van der Waals surface area contributed by atoms with E-state index < -0.39 is 0 Å². The molecule has 3 aromatic rings. The maximum atomic E-state index is 5.86. The lowest BCUT2D eigenvalue weighted by atomic mass is 10.1. The molecule has 3 rings (SSSR count). The second kappa shape index (κ2) is 12.3. The van der Waals surface area contributed by atoms with Crippen molar-refractivity contribution in [3.63, 3.8) is 0 Å². The van der Waals surface area contributed by atoms with E-state index in [0.29, 0.717) is 32.3 Å². The number of nitrogens with one attached hydrogen (secondary N) is 2. The Morgan fingerprint density at radius 3 is 2.80 bits per heavy atom. The van der Waals surface area contributed by atoms with Crippen molar-refractivity contribution in [2.45, 2.75) is 26.9 Å². The molecule has 2 heterocycles. The lowest BCUT2D eigenvalue weighted by Crippen LogP contribution is -2.37. The van der Waals surface area contributed by atoms with E-state index in [1.54, 1.807) is 7.11 Å². The number of aromatic nitrogens is 3. The van der Waals surface area contributed by atoms with Crippen LogP contribution >= 0.6 is 24.0 Å². The molecule has 2 aromatic heterocycles. The Morgan fingerprint density at radius 2 is 2.00 bits per heavy atom. The van der Waals surface area contributed by atoms with Gasteiger partial charge in [0.25, 0.3) is 0 Å². The van der Waals surface area contributed by atoms with Crippen LogP contribution in [0.1, 0.15) is 23.9 Å². The summed E-state index contributed by atoms with van der Waals surface area (Å²) in [7, 11) is 1.66. The molecule has 0 radical (unpaired) electrons. The van der Waals surface area contributed by atoms with Gasteiger partial charge in [-0.05, 0) is 37.6 Å². The van der Waals surface area contributed by atoms with E-state index in [9.17, 15) is 0 Å². The van der Waals surface area contributed by atoms with Crippen LogP contribution in [0.2, 0.25) is 0 Å². The Morgan fingerprint density at radius 1 is 1.13 bits per heavy atom. The average molecular weight is 524 g/mol. The maximum absolute atomic E-state index is 5.86. The number of halogens is 1. The first kappa shape index (κ1) is 23.9. The highest BCUT2D eigenvalue weighted by atomic mass is 127. The molecule has 0 atom stereocenters. The van der Waals surface area contributed by atoms with Crippen LogP contribution in [0.4, 0.5) is 0 Å². The molecular formula is C21H29IN6O2. The van der Waals surface area contributed by atoms with Gasteiger partial charge in [-0.15, -0.1) is 34.2 Å². The van der Waals surface area contributed by atoms with Gasteiger partial charge < -0.3 is 20.1 Å². The van der Waals surface area contributed by atoms with Crippen LogP contribution in [0.5, 0.6) is 5.75 Å². The summed E-state index contributed by atoms with van der Waals surface area (Å²) in [5, 5.41) is 15.0. The number of aliphatic imine (C=N–C) groups is 1. The predicted octanol–water partition coefficient (Wildman–Crippen LogP) is 2.94. The number of guanidine groups is 1. The lowest BCUT2D eigenvalue weighted by molar-refractivity contribution is 0.145. The van der Waals surface area contributed by atoms with Crippen molar-refractivity contribution in [2.75, 3.05) is 26.9 Å². The summed E-state index contributed by atoms with van der Waals surface area (Å²) >= 11 is 0. The van der Waals surface area contributed by atoms with Crippen LogP contribution in [0.15, 0.2) is 47.6 Å². The smallest absolute Gasteiger partial charge is 0.191 e. The number of pyridine rings is 1. The van der Waals surface area contributed by atoms with Crippen molar-refractivity contribution < 1.29 is 9.47 Å². The van der Waals surface area contributed by atoms with E-state index in [1.807, 2.05) is 48.7 Å². The van der Waals surface area contributed by atoms with Gasteiger partial charge in [-0.1, -0.05) is 18.2 Å². The van der Waals surface area contributed by atoms with Gasteiger partial charge in [-0.3, -0.25) is 4.40 Å². The number of hydrogen-bond acceptors (Lipinski definition) is 5. The SMILES string of the molecule is CCNC(=NCc1ccc(C)cc1OCCOC)NCc1nnc2ccccn12.I. The van der Waals surface area contributed by atoms with Crippen LogP contribution in [0, 0.1) is 6.92 Å². The number of ether oxygens (including phenoxy) is 2. The molecular weight excluding hydrogens is 495 g/mol. The van der Waals surface area contributed by atoms with Gasteiger partial charge in [0.05, 0.1) is 19.7 Å². The predicted molar refractivity (Wildman–Crippen MR) is 129 cm³/mol. The first-order valence-electron chi connectivity index (χ1n) is 9.73. The highest BCUT2D eigenvalue weighted by Gasteiger charge is 2.07. The van der Waals surface area contributed by atoms with Gasteiger partial charge >= 0.3 is 0 Å². The van der Waals surface area contributed by atoms with Gasteiger partial charge in [0.15, 0.2) is 17.4 Å². The van der Waals surface area contributed by atoms with Crippen LogP contribution in [-0.2, 0) is 17.8 Å². The van der Waals surface area contributed by atoms with Gasteiger partial charge in [0.1, 0.15) is 12.4 Å². The molecule has 8 nitrogen and oxygen atoms in total. The molecule has 9 heteroatoms. The summed E-state index contributed by atoms with van der Waals surface area (Å²) in [6, 6.07) is 12.0. The van der Waals surface area contributed by atoms with Gasteiger partial charge in [0, 0.05) is 25.4 Å². The fraction of sp³-hybridized carbons (Fsp3) is 0.381. The normalized spacial score (nSPS) is 11.2. The minimum Gasteiger partial charge on any atom is -0.491 e. The Labute approximate surface area is 194 Å². The summed E-state index contributed by atoms with van der Waals surface area (Å²) in [5.41, 5.74) is 2.99. The minimum absolute atomic E-state index is 0. The molecule has 0 unspecified atom stereocenters. The summed E-state index contributed by atoms with van der Waals surface area (Å²) in [5.74, 6) is 2.37. The molecule has 0 saturated heterocycles. The van der Waals surface area contributed by atoms with Crippen molar-refractivity contribution >= 4 is 35.6 Å². The third-order valence-electron chi connectivity index (χ3n) is 4.32. The van der Waals surface area contributed by atoms with Crippen molar-refractivity contribution in [3.05, 3.63) is 59.5 Å². The summed E-state index contributed by atoms with van der Waals surface area (Å²) in [6.07, 6.45) is 1.95. The Balaban J connectivity index is 0.00000320. The first-order chi connectivity index (χ1) is 14.2. The molecule has 0 aliphatic carbocycles. The third-order valence-corrected chi connectivity index (χ3v) is 4.32. The average Bonchev–Trinajstić information content (AvgIpc) is 3.14. The number of nitrogens with zero attached hydrogens (tertiary/aromatic N) is 4. The Hall–Kier alpha value is -2.40. The first-order valence-corrected chi connectivity index (χ1v) is 9.73. The number of aryl methyl sites for hydroxylation is 1. The highest BCUT2D eigenvalue weighted by Crippen LogP contribution is 2.21. The molecule has 0 bridgehead atoms. The second-order valence-corrected chi connectivity index (χ2v) is 6.55. The van der Waals surface area contributed by atoms with Crippen LogP contribution < -0.4 is 15.4 Å². The lowest BCUT2D eigenvalue weighted by Gasteiger charge is -2.13. The zero-order valence-electron chi connectivity index (χ0n) is 17.6. The molecule has 1 aromatic carbocycles. The molecule has 30 heavy (non-hydrogen) atoms. The molecule has 0 spiro atoms. The zero-order valence-corrected chi connectivity index (χ0v) is 19.9. The van der Waals surface area contributed by atoms with Crippen LogP contribution in [0.3, 0.4) is 0 Å². The summed E-state index contributed by atoms with van der Waals surface area (Å²) < 4.78 is 12.9. The summed E-state index contributed by atoms with van der Waals surface area (Å²) in [6.45, 7) is 6.92. The largest absolute Gasteiger partial charge is 0.491 e. The van der Waals surface area contributed by atoms with Crippen LogP contribution in [-0.4, -0.2) is 47.4 Å². The van der Waals surface area contributed by atoms with Crippen molar-refractivity contribution in [1.29, 1.82) is 0 Å². The van der Waals surface area contributed by atoms with Crippen molar-refractivity contribution in [3.8, 4) is 5.75 Å². The highest BCUT2D eigenvalue weighted by molar-refractivity contribution is 14.0. The number of benzene rings is 1. The third kappa shape index (κ3) is 6.56. The van der Waals surface area contributed by atoms with Crippen LogP contribution in [0.25, 0.3) is 5.65 Å². The monoisotopic (exact) mass is 524 g/mol. The Kier molecular flexibility index (Phi) is 9.81. The van der Waals surface area contributed by atoms with Crippen molar-refractivity contribution in [2.24, 2.45) is 4.99 Å². The molecule has 0 amide bonds. The molecule has 0 fully saturated rings. The van der Waals surface area contributed by atoms with E-state index in [1.165, 1.54) is 0 Å². The topological polar surface area (TPSA) is 85.1 Å². The molecule has 162 valence electrons. The molecule has 0 aliphatic heterocycles. The van der Waals surface area contributed by atoms with Gasteiger partial charge in [0.2, 0.25) is 0 Å². The number of fused-ring (bicyclic) bond motifs is 1. The van der Waals surface area contributed by atoms with Crippen molar-refractivity contribution in [1.82, 2.24) is 25.2 Å². The van der Waals surface area contributed by atoms with E-state index >= 15 is 0 Å². The van der Waals surface area contributed by atoms with Gasteiger partial charge in [-0.2, -0.15) is 0 Å².